The Balaban J connectivity index is 0.000000224. The highest BCUT2D eigenvalue weighted by atomic mass is 15.0. The van der Waals surface area contributed by atoms with Crippen molar-refractivity contribution in [2.75, 3.05) is 7.05 Å². The van der Waals surface area contributed by atoms with Crippen molar-refractivity contribution < 1.29 is 0 Å². The molecule has 0 saturated heterocycles. The summed E-state index contributed by atoms with van der Waals surface area (Å²) in [6, 6.07) is 44.9. The van der Waals surface area contributed by atoms with Gasteiger partial charge in [0.15, 0.2) is 0 Å². The highest BCUT2D eigenvalue weighted by molar-refractivity contribution is 5.99. The molecule has 5 aromatic carbocycles. The summed E-state index contributed by atoms with van der Waals surface area (Å²) < 4.78 is 2.46. The number of benzene rings is 5. The molecule has 3 heteroatoms. The summed E-state index contributed by atoms with van der Waals surface area (Å²) in [6.45, 7) is 14.6. The molecule has 0 fully saturated rings. The summed E-state index contributed by atoms with van der Waals surface area (Å²) in [5.74, 6) is 0. The van der Waals surface area contributed by atoms with Gasteiger partial charge in [-0.1, -0.05) is 142 Å². The Labute approximate surface area is 330 Å². The molecule has 0 spiro atoms. The molecule has 0 bridgehead atoms. The molecule has 0 radical (unpaired) electrons. The van der Waals surface area contributed by atoms with Crippen LogP contribution < -0.4 is 11.1 Å². The average molecular weight is 724 g/mol. The molecule has 3 nitrogen and oxygen atoms in total. The first-order valence-electron chi connectivity index (χ1n) is 19.8. The Morgan fingerprint density at radius 1 is 0.709 bits per heavy atom. The van der Waals surface area contributed by atoms with Crippen LogP contribution in [-0.4, -0.2) is 11.6 Å². The number of rotatable bonds is 7. The van der Waals surface area contributed by atoms with Crippen LogP contribution in [0.25, 0.3) is 39.5 Å². The molecule has 55 heavy (non-hydrogen) atoms. The van der Waals surface area contributed by atoms with E-state index < -0.39 is 0 Å². The molecule has 1 atom stereocenters. The Hall–Kier alpha value is -5.86. The fourth-order valence-electron chi connectivity index (χ4n) is 7.35. The lowest BCUT2D eigenvalue weighted by Gasteiger charge is -2.20. The fourth-order valence-corrected chi connectivity index (χ4v) is 7.35. The molecule has 6 aromatic rings. The highest BCUT2D eigenvalue weighted by Crippen LogP contribution is 2.40. The van der Waals surface area contributed by atoms with E-state index in [1.54, 1.807) is 0 Å². The van der Waals surface area contributed by atoms with Crippen molar-refractivity contribution >= 4 is 33.8 Å². The normalized spacial score (nSPS) is 13.5. The quantitative estimate of drug-likeness (QED) is 0.161. The van der Waals surface area contributed by atoms with Crippen molar-refractivity contribution in [3.05, 3.63) is 202 Å². The van der Waals surface area contributed by atoms with Crippen LogP contribution in [0.3, 0.4) is 0 Å². The van der Waals surface area contributed by atoms with Gasteiger partial charge in [0.25, 0.3) is 0 Å². The molecule has 2 aliphatic carbocycles. The van der Waals surface area contributed by atoms with E-state index in [1.807, 2.05) is 89.3 Å². The lowest BCUT2D eigenvalue weighted by molar-refractivity contribution is 0.715. The third-order valence-electron chi connectivity index (χ3n) is 10.1. The van der Waals surface area contributed by atoms with Gasteiger partial charge in [-0.15, -0.1) is 5.73 Å². The summed E-state index contributed by atoms with van der Waals surface area (Å²) in [5, 5.41) is 4.60. The van der Waals surface area contributed by atoms with E-state index >= 15 is 0 Å². The number of fused-ring (bicyclic) bond motifs is 3. The fraction of sp³-hybridized carbons (Fsp3) is 0.212. The van der Waals surface area contributed by atoms with E-state index in [0.717, 1.165) is 24.1 Å². The number of nitrogens with zero attached hydrogens (tertiary/aromatic N) is 1. The predicted octanol–water partition coefficient (Wildman–Crippen LogP) is 13.2. The van der Waals surface area contributed by atoms with E-state index in [0.29, 0.717) is 0 Å². The smallest absolute Gasteiger partial charge is 0.0537 e. The van der Waals surface area contributed by atoms with E-state index in [1.165, 1.54) is 72.4 Å². The molecule has 0 aliphatic heterocycles. The molecule has 1 unspecified atom stereocenters. The van der Waals surface area contributed by atoms with Gasteiger partial charge in [0.05, 0.1) is 11.6 Å². The average Bonchev–Trinajstić information content (AvgIpc) is 3.83. The largest absolute Gasteiger partial charge is 0.398 e. The second-order valence-electron chi connectivity index (χ2n) is 13.4. The van der Waals surface area contributed by atoms with Crippen molar-refractivity contribution in [3.8, 4) is 5.69 Å². The van der Waals surface area contributed by atoms with Gasteiger partial charge >= 0.3 is 0 Å². The second kappa shape index (κ2) is 19.5. The Bertz CT molecular complexity index is 2340. The van der Waals surface area contributed by atoms with Gasteiger partial charge in [0.1, 0.15) is 0 Å². The van der Waals surface area contributed by atoms with Crippen LogP contribution in [0.2, 0.25) is 0 Å². The van der Waals surface area contributed by atoms with E-state index in [9.17, 15) is 0 Å². The van der Waals surface area contributed by atoms with Crippen LogP contribution >= 0.6 is 0 Å². The first-order chi connectivity index (χ1) is 26.9. The first-order valence-corrected chi connectivity index (χ1v) is 19.8. The Morgan fingerprint density at radius 3 is 2.00 bits per heavy atom. The molecule has 2 aliphatic rings. The molecular weight excluding hydrogens is 667 g/mol. The molecule has 280 valence electrons. The van der Waals surface area contributed by atoms with Crippen molar-refractivity contribution in [1.29, 1.82) is 0 Å². The number of hydrogen-bond acceptors (Lipinski definition) is 2. The van der Waals surface area contributed by atoms with E-state index in [-0.39, 0.29) is 6.04 Å². The number of likely N-dealkylation sites (N-methyl/N-ethyl adjacent to an activating group) is 1. The van der Waals surface area contributed by atoms with Crippen molar-refractivity contribution in [3.63, 3.8) is 0 Å². The predicted molar refractivity (Wildman–Crippen MR) is 240 cm³/mol. The maximum absolute atomic E-state index is 6.13. The highest BCUT2D eigenvalue weighted by Gasteiger charge is 2.23. The van der Waals surface area contributed by atoms with Crippen LogP contribution in [0, 0.1) is 13.8 Å². The van der Waals surface area contributed by atoms with Gasteiger partial charge in [-0.25, -0.2) is 0 Å². The Kier molecular flexibility index (Phi) is 14.3. The topological polar surface area (TPSA) is 43.0 Å². The second-order valence-corrected chi connectivity index (χ2v) is 13.4. The van der Waals surface area contributed by atoms with Gasteiger partial charge in [-0.2, -0.15) is 0 Å². The monoisotopic (exact) mass is 723 g/mol. The molecule has 0 saturated carbocycles. The zero-order valence-electron chi connectivity index (χ0n) is 33.9. The zero-order chi connectivity index (χ0) is 39.3. The molecular formula is C52H57N3. The van der Waals surface area contributed by atoms with Gasteiger partial charge in [-0.05, 0) is 128 Å². The number of aromatic nitrogens is 1. The van der Waals surface area contributed by atoms with Crippen LogP contribution in [0.5, 0.6) is 0 Å². The maximum Gasteiger partial charge on any atom is 0.0537 e. The van der Waals surface area contributed by atoms with Crippen LogP contribution in [0.4, 0.5) is 0 Å². The Morgan fingerprint density at radius 2 is 1.35 bits per heavy atom. The lowest BCUT2D eigenvalue weighted by atomic mass is 9.86. The van der Waals surface area contributed by atoms with Crippen LogP contribution in [0.1, 0.15) is 91.7 Å². The molecule has 1 heterocycles. The van der Waals surface area contributed by atoms with Gasteiger partial charge in [-0.3, -0.25) is 0 Å². The summed E-state index contributed by atoms with van der Waals surface area (Å²) in [5.41, 5.74) is 27.1. The minimum atomic E-state index is 0.131. The number of para-hydroxylation sites is 1. The number of nitrogens with one attached hydrogen (secondary N) is 1. The standard InChI is InChI=1S/C32H27N.C16H18N2.2C2H6/c1-21-14-17-25(18-15-21)33-31-13-5-4-9-29(31)30-20-24(16-19-32(30)33)27-11-7-12-28(23(27)3)26-10-6-8-22(26)2;1-18-16(14-10-6-3-7-11-14)12-15(17)13-8-4-2-5-9-13;2*1-2/h4-5,7-15,17-18,20H,16,19H2,1-3H3;2-12,16,18H,17H2,1H3;2*1-2H3/b;15-12-;;. The van der Waals surface area contributed by atoms with Gasteiger partial charge < -0.3 is 15.6 Å². The minimum Gasteiger partial charge on any atom is -0.398 e. The van der Waals surface area contributed by atoms with Crippen molar-refractivity contribution in [2.24, 2.45) is 5.73 Å². The maximum atomic E-state index is 6.13. The van der Waals surface area contributed by atoms with Crippen molar-refractivity contribution in [2.45, 2.75) is 67.3 Å². The van der Waals surface area contributed by atoms with Gasteiger partial charge in [0.2, 0.25) is 0 Å². The number of nitrogens with two attached hydrogens (primary N) is 1. The molecule has 8 rings (SSSR count). The van der Waals surface area contributed by atoms with Crippen LogP contribution in [-0.2, 0) is 6.42 Å². The summed E-state index contributed by atoms with van der Waals surface area (Å²) >= 11 is 0. The third kappa shape index (κ3) is 9.10. The molecule has 0 amide bonds. The zero-order valence-corrected chi connectivity index (χ0v) is 33.9. The van der Waals surface area contributed by atoms with E-state index in [2.05, 4.69) is 133 Å². The lowest BCUT2D eigenvalue weighted by Crippen LogP contribution is -2.15. The van der Waals surface area contributed by atoms with Crippen molar-refractivity contribution in [1.82, 2.24) is 9.88 Å². The SMILES string of the molecule is CC.CC.CC1=C(c2cccc(C3=Cc4c(n(-c5ccc(C)cc5)c5ccccc45)CC3)c2C)C=C=C1.CNC(/C=C(\N)c1ccccc1)c1ccccc1. The summed E-state index contributed by atoms with van der Waals surface area (Å²) in [7, 11) is 1.94. The first kappa shape index (κ1) is 40.3. The minimum absolute atomic E-state index is 0.131. The third-order valence-corrected chi connectivity index (χ3v) is 10.1. The summed E-state index contributed by atoms with van der Waals surface area (Å²) in [6.07, 6.45) is 10.8. The molecule has 1 aromatic heterocycles. The van der Waals surface area contributed by atoms with Crippen LogP contribution in [0.15, 0.2) is 157 Å². The summed E-state index contributed by atoms with van der Waals surface area (Å²) in [4.78, 5) is 0. The van der Waals surface area contributed by atoms with E-state index in [4.69, 9.17) is 5.73 Å². The number of hydrogen-bond donors (Lipinski definition) is 2. The molecule has 3 N–H and O–H groups in total. The van der Waals surface area contributed by atoms with Gasteiger partial charge in [0, 0.05) is 28.0 Å². The number of allylic oxidation sites excluding steroid dienone is 4. The number of aryl methyl sites for hydroxylation is 1.